The molecule has 2 aromatic carbocycles. The summed E-state index contributed by atoms with van der Waals surface area (Å²) in [6.45, 7) is -0.721. The molecule has 0 radical (unpaired) electrons. The largest absolute Gasteiger partial charge is 0.507 e. The fourth-order valence-corrected chi connectivity index (χ4v) is 3.74. The fraction of sp³-hybridized carbons (Fsp3) is 0.286. The zero-order chi connectivity index (χ0) is 23.3. The van der Waals surface area contributed by atoms with Crippen molar-refractivity contribution in [1.29, 1.82) is 0 Å². The topological polar surface area (TPSA) is 201 Å². The average Bonchev–Trinajstić information content (AvgIpc) is 2.74. The molecule has 1 aliphatic rings. The minimum atomic E-state index is -1.80. The summed E-state index contributed by atoms with van der Waals surface area (Å²) >= 11 is 0. The fourth-order valence-electron chi connectivity index (χ4n) is 3.74. The number of benzene rings is 2. The molecule has 1 fully saturated rings. The van der Waals surface area contributed by atoms with E-state index in [4.69, 9.17) is 9.15 Å². The number of aliphatic hydroxyl groups is 4. The highest BCUT2D eigenvalue weighted by molar-refractivity contribution is 5.88. The Bertz CT molecular complexity index is 1230. The van der Waals surface area contributed by atoms with E-state index in [0.717, 1.165) is 18.2 Å². The van der Waals surface area contributed by atoms with Gasteiger partial charge >= 0.3 is 0 Å². The summed E-state index contributed by atoms with van der Waals surface area (Å²) in [5, 5.41) is 79.6. The smallest absolute Gasteiger partial charge is 0.197 e. The molecule has 4 rings (SSSR count). The van der Waals surface area contributed by atoms with Crippen LogP contribution in [0.15, 0.2) is 39.5 Å². The van der Waals surface area contributed by atoms with E-state index in [2.05, 4.69) is 0 Å². The summed E-state index contributed by atoms with van der Waals surface area (Å²) in [6, 6.07) is 5.73. The molecule has 11 nitrogen and oxygen atoms in total. The van der Waals surface area contributed by atoms with Crippen LogP contribution in [0.2, 0.25) is 0 Å². The van der Waals surface area contributed by atoms with Crippen LogP contribution in [-0.2, 0) is 4.74 Å². The number of rotatable bonds is 3. The van der Waals surface area contributed by atoms with Crippen LogP contribution >= 0.6 is 0 Å². The van der Waals surface area contributed by atoms with Gasteiger partial charge in [0.05, 0.1) is 12.2 Å². The Labute approximate surface area is 179 Å². The number of fused-ring (bicyclic) bond motifs is 1. The van der Waals surface area contributed by atoms with Crippen LogP contribution < -0.4 is 5.43 Å². The Morgan fingerprint density at radius 2 is 1.56 bits per heavy atom. The minimum Gasteiger partial charge on any atom is -0.507 e. The van der Waals surface area contributed by atoms with Gasteiger partial charge in [0, 0.05) is 17.7 Å². The van der Waals surface area contributed by atoms with Crippen molar-refractivity contribution in [2.45, 2.75) is 30.5 Å². The third-order valence-corrected chi connectivity index (χ3v) is 5.45. The first kappa shape index (κ1) is 21.9. The van der Waals surface area contributed by atoms with E-state index in [1.54, 1.807) is 0 Å². The summed E-state index contributed by atoms with van der Waals surface area (Å²) in [5.74, 6) is -2.28. The minimum absolute atomic E-state index is 0.0304. The van der Waals surface area contributed by atoms with Crippen molar-refractivity contribution in [3.05, 3.63) is 46.1 Å². The molecule has 0 unspecified atom stereocenters. The summed E-state index contributed by atoms with van der Waals surface area (Å²) in [4.78, 5) is 12.8. The quantitative estimate of drug-likeness (QED) is 0.247. The lowest BCUT2D eigenvalue weighted by molar-refractivity contribution is -0.232. The normalized spacial score (nSPS) is 25.8. The maximum Gasteiger partial charge on any atom is 0.197 e. The Kier molecular flexibility index (Phi) is 5.44. The first-order chi connectivity index (χ1) is 15.1. The number of aliphatic hydroxyl groups excluding tert-OH is 4. The lowest BCUT2D eigenvalue weighted by atomic mass is 9.89. The molecule has 170 valence electrons. The summed E-state index contributed by atoms with van der Waals surface area (Å²) < 4.78 is 11.0. The van der Waals surface area contributed by atoms with Crippen molar-refractivity contribution in [2.24, 2.45) is 0 Å². The number of ether oxygens (including phenoxy) is 1. The summed E-state index contributed by atoms with van der Waals surface area (Å²) in [5.41, 5.74) is -1.17. The van der Waals surface area contributed by atoms with Crippen molar-refractivity contribution in [2.75, 3.05) is 6.61 Å². The van der Waals surface area contributed by atoms with Crippen LogP contribution in [0, 0.1) is 0 Å². The van der Waals surface area contributed by atoms with Crippen molar-refractivity contribution in [3.8, 4) is 34.3 Å². The molecule has 0 aliphatic carbocycles. The number of aromatic hydroxyl groups is 4. The predicted molar refractivity (Wildman–Crippen MR) is 107 cm³/mol. The monoisotopic (exact) mass is 448 g/mol. The van der Waals surface area contributed by atoms with Gasteiger partial charge in [0.1, 0.15) is 58.7 Å². The number of hydrogen-bond acceptors (Lipinski definition) is 11. The van der Waals surface area contributed by atoms with Gasteiger partial charge in [-0.25, -0.2) is 0 Å². The molecule has 2 heterocycles. The molecule has 8 N–H and O–H groups in total. The van der Waals surface area contributed by atoms with Crippen LogP contribution in [0.1, 0.15) is 11.7 Å². The molecule has 0 bridgehead atoms. The second-order valence-corrected chi connectivity index (χ2v) is 7.46. The second kappa shape index (κ2) is 7.97. The van der Waals surface area contributed by atoms with Crippen molar-refractivity contribution in [3.63, 3.8) is 0 Å². The summed E-state index contributed by atoms with van der Waals surface area (Å²) in [6.07, 6.45) is -8.09. The van der Waals surface area contributed by atoms with E-state index in [1.165, 1.54) is 12.1 Å². The van der Waals surface area contributed by atoms with Crippen LogP contribution in [-0.4, -0.2) is 71.9 Å². The second-order valence-electron chi connectivity index (χ2n) is 7.46. The Morgan fingerprint density at radius 1 is 0.844 bits per heavy atom. The van der Waals surface area contributed by atoms with E-state index in [9.17, 15) is 45.6 Å². The van der Waals surface area contributed by atoms with Gasteiger partial charge in [-0.2, -0.15) is 0 Å². The molecule has 5 atom stereocenters. The van der Waals surface area contributed by atoms with Crippen molar-refractivity contribution >= 4 is 11.0 Å². The molecule has 1 aliphatic heterocycles. The van der Waals surface area contributed by atoms with E-state index >= 15 is 0 Å². The third-order valence-electron chi connectivity index (χ3n) is 5.45. The Balaban J connectivity index is 1.86. The van der Waals surface area contributed by atoms with Gasteiger partial charge < -0.3 is 50.0 Å². The zero-order valence-electron chi connectivity index (χ0n) is 16.3. The first-order valence-corrected chi connectivity index (χ1v) is 9.49. The van der Waals surface area contributed by atoms with Gasteiger partial charge in [-0.3, -0.25) is 4.79 Å². The molecule has 1 saturated heterocycles. The lowest BCUT2D eigenvalue weighted by Crippen LogP contribution is -2.55. The van der Waals surface area contributed by atoms with Gasteiger partial charge in [0.2, 0.25) is 0 Å². The van der Waals surface area contributed by atoms with E-state index in [0.29, 0.717) is 0 Å². The van der Waals surface area contributed by atoms with E-state index in [-0.39, 0.29) is 28.0 Å². The number of hydrogen-bond donors (Lipinski definition) is 8. The van der Waals surface area contributed by atoms with E-state index < -0.39 is 65.4 Å². The first-order valence-electron chi connectivity index (χ1n) is 9.49. The molecule has 11 heteroatoms. The van der Waals surface area contributed by atoms with Crippen LogP contribution in [0.25, 0.3) is 22.3 Å². The highest BCUT2D eigenvalue weighted by Crippen LogP contribution is 2.44. The molecule has 0 saturated carbocycles. The van der Waals surface area contributed by atoms with E-state index in [1.807, 2.05) is 0 Å². The average molecular weight is 448 g/mol. The van der Waals surface area contributed by atoms with Crippen molar-refractivity contribution in [1.82, 2.24) is 0 Å². The zero-order valence-corrected chi connectivity index (χ0v) is 16.3. The van der Waals surface area contributed by atoms with Gasteiger partial charge in [0.15, 0.2) is 16.9 Å². The van der Waals surface area contributed by atoms with Gasteiger partial charge in [0.25, 0.3) is 0 Å². The molecular weight excluding hydrogens is 428 g/mol. The maximum absolute atomic E-state index is 12.8. The molecule has 1 aromatic heterocycles. The number of phenols is 4. The van der Waals surface area contributed by atoms with Crippen LogP contribution in [0.5, 0.6) is 23.0 Å². The highest BCUT2D eigenvalue weighted by atomic mass is 16.5. The summed E-state index contributed by atoms with van der Waals surface area (Å²) in [7, 11) is 0. The van der Waals surface area contributed by atoms with Crippen molar-refractivity contribution < 1.29 is 50.0 Å². The Morgan fingerprint density at radius 3 is 2.22 bits per heavy atom. The maximum atomic E-state index is 12.8. The molecule has 3 aromatic rings. The van der Waals surface area contributed by atoms with Crippen LogP contribution in [0.3, 0.4) is 0 Å². The molecular formula is C21H20O11. The van der Waals surface area contributed by atoms with Crippen LogP contribution in [0.4, 0.5) is 0 Å². The Hall–Kier alpha value is -3.35. The third kappa shape index (κ3) is 3.42. The standard InChI is InChI=1S/C21H20O11/c22-6-14-17(27)19(29)20(30)21(32-14)16-11(26)5-13-15(18(16)28)10(25)4-12(31-13)7-1-2-8(23)9(24)3-7/h1-5,14,17,19-24,26-30H,6H2/t14-,17+,19+,20-,21-/m0/s1. The van der Waals surface area contributed by atoms with Gasteiger partial charge in [-0.05, 0) is 18.2 Å². The molecule has 32 heavy (non-hydrogen) atoms. The lowest BCUT2D eigenvalue weighted by Gasteiger charge is -2.40. The predicted octanol–water partition coefficient (Wildman–Crippen LogP) is -0.203. The number of phenolic OH excluding ortho intramolecular Hbond substituents is 4. The highest BCUT2D eigenvalue weighted by Gasteiger charge is 2.46. The van der Waals surface area contributed by atoms with Gasteiger partial charge in [-0.1, -0.05) is 0 Å². The SMILES string of the molecule is O=c1cc(-c2ccc(O)c(O)c2)oc2cc(O)c([C@@H]3O[C@@H](CO)[C@@H](O)[C@@H](O)[C@@H]3O)c(O)c12. The van der Waals surface area contributed by atoms with Gasteiger partial charge in [-0.15, -0.1) is 0 Å². The molecule has 0 amide bonds. The molecule has 0 spiro atoms.